The zero-order chi connectivity index (χ0) is 12.6. The Morgan fingerprint density at radius 2 is 1.81 bits per heavy atom. The number of rotatable bonds is 8. The van der Waals surface area contributed by atoms with Crippen molar-refractivity contribution in [1.29, 1.82) is 0 Å². The van der Waals surface area contributed by atoms with E-state index in [0.29, 0.717) is 19.4 Å². The molecule has 94 valence electrons. The van der Waals surface area contributed by atoms with Crippen LogP contribution in [0.2, 0.25) is 0 Å². The summed E-state index contributed by atoms with van der Waals surface area (Å²) in [6, 6.07) is 0. The first kappa shape index (κ1) is 14.9. The summed E-state index contributed by atoms with van der Waals surface area (Å²) in [6.45, 7) is 0.305. The van der Waals surface area contributed by atoms with E-state index >= 15 is 0 Å². The molecule has 0 spiro atoms. The third-order valence-corrected chi connectivity index (χ3v) is 2.84. The highest BCUT2D eigenvalue weighted by atomic mass is 32.2. The van der Waals surface area contributed by atoms with Crippen molar-refractivity contribution in [3.63, 3.8) is 0 Å². The van der Waals surface area contributed by atoms with E-state index in [1.807, 2.05) is 0 Å². The van der Waals surface area contributed by atoms with Crippen LogP contribution >= 0.6 is 0 Å². The van der Waals surface area contributed by atoms with Crippen LogP contribution in [0, 0.1) is 0 Å². The molecule has 7 heteroatoms. The van der Waals surface area contributed by atoms with Gasteiger partial charge in [-0.05, 0) is 12.8 Å². The highest BCUT2D eigenvalue weighted by Gasteiger charge is 2.05. The fourth-order valence-electron chi connectivity index (χ4n) is 1.05. The van der Waals surface area contributed by atoms with Crippen LogP contribution in [0.15, 0.2) is 0 Å². The zero-order valence-corrected chi connectivity index (χ0v) is 10.0. The summed E-state index contributed by atoms with van der Waals surface area (Å²) >= 11 is 0. The van der Waals surface area contributed by atoms with Gasteiger partial charge in [0.05, 0.1) is 5.75 Å². The molecule has 0 saturated carbocycles. The van der Waals surface area contributed by atoms with E-state index in [1.165, 1.54) is 0 Å². The standard InChI is InChI=1S/C9H17NO5S/c1-16(14,15)7-3-6-10-8(11)4-2-5-9(12)13/h2-7H2,1H3,(H,10,11)(H,12,13). The number of nitrogens with one attached hydrogen (secondary N) is 1. The third kappa shape index (κ3) is 11.0. The Balaban J connectivity index is 3.48. The van der Waals surface area contributed by atoms with Crippen LogP contribution in [0.3, 0.4) is 0 Å². The van der Waals surface area contributed by atoms with E-state index < -0.39 is 15.8 Å². The van der Waals surface area contributed by atoms with E-state index in [0.717, 1.165) is 6.26 Å². The first-order chi connectivity index (χ1) is 7.31. The van der Waals surface area contributed by atoms with Gasteiger partial charge < -0.3 is 10.4 Å². The average Bonchev–Trinajstić information content (AvgIpc) is 2.10. The van der Waals surface area contributed by atoms with Gasteiger partial charge in [0.15, 0.2) is 0 Å². The normalized spacial score (nSPS) is 11.1. The maximum absolute atomic E-state index is 11.1. The predicted molar refractivity (Wildman–Crippen MR) is 58.8 cm³/mol. The Hall–Kier alpha value is -1.11. The van der Waals surface area contributed by atoms with Gasteiger partial charge in [0.2, 0.25) is 5.91 Å². The second-order valence-electron chi connectivity index (χ2n) is 3.58. The van der Waals surface area contributed by atoms with Gasteiger partial charge in [-0.15, -0.1) is 0 Å². The first-order valence-corrected chi connectivity index (χ1v) is 7.03. The number of sulfone groups is 1. The molecular formula is C9H17NO5S. The van der Waals surface area contributed by atoms with Gasteiger partial charge in [0.1, 0.15) is 9.84 Å². The summed E-state index contributed by atoms with van der Waals surface area (Å²) in [5.74, 6) is -1.12. The Morgan fingerprint density at radius 3 is 2.31 bits per heavy atom. The fraction of sp³-hybridized carbons (Fsp3) is 0.778. The van der Waals surface area contributed by atoms with Crippen molar-refractivity contribution >= 4 is 21.7 Å². The number of hydrogen-bond acceptors (Lipinski definition) is 4. The molecule has 0 saturated heterocycles. The molecule has 1 amide bonds. The van der Waals surface area contributed by atoms with Crippen molar-refractivity contribution in [1.82, 2.24) is 5.32 Å². The van der Waals surface area contributed by atoms with E-state index in [4.69, 9.17) is 5.11 Å². The second-order valence-corrected chi connectivity index (χ2v) is 5.84. The predicted octanol–water partition coefficient (Wildman–Crippen LogP) is -0.208. The van der Waals surface area contributed by atoms with Gasteiger partial charge in [0.25, 0.3) is 0 Å². The molecule has 0 fully saturated rings. The minimum absolute atomic E-state index is 0.0310. The topological polar surface area (TPSA) is 101 Å². The fourth-order valence-corrected chi connectivity index (χ4v) is 1.72. The number of amides is 1. The molecule has 2 N–H and O–H groups in total. The first-order valence-electron chi connectivity index (χ1n) is 4.97. The van der Waals surface area contributed by atoms with E-state index in [2.05, 4.69) is 5.32 Å². The lowest BCUT2D eigenvalue weighted by Crippen LogP contribution is -2.25. The molecule has 0 rings (SSSR count). The molecule has 0 atom stereocenters. The number of carbonyl (C=O) groups is 2. The van der Waals surface area contributed by atoms with Gasteiger partial charge in [-0.25, -0.2) is 8.42 Å². The second kappa shape index (κ2) is 7.21. The molecule has 0 heterocycles. The summed E-state index contributed by atoms with van der Waals surface area (Å²) < 4.78 is 21.5. The molecule has 0 aromatic rings. The van der Waals surface area contributed by atoms with E-state index in [-0.39, 0.29) is 24.5 Å². The molecule has 0 aromatic heterocycles. The largest absolute Gasteiger partial charge is 0.481 e. The molecular weight excluding hydrogens is 234 g/mol. The number of aliphatic carboxylic acids is 1. The van der Waals surface area contributed by atoms with Crippen LogP contribution in [0.4, 0.5) is 0 Å². The molecule has 0 aliphatic rings. The number of carboxylic acids is 1. The summed E-state index contributed by atoms with van der Waals surface area (Å²) in [5, 5.41) is 10.9. The summed E-state index contributed by atoms with van der Waals surface area (Å²) in [5.41, 5.74) is 0. The lowest BCUT2D eigenvalue weighted by atomic mass is 10.2. The van der Waals surface area contributed by atoms with Crippen LogP contribution in [0.5, 0.6) is 0 Å². The van der Waals surface area contributed by atoms with Crippen LogP contribution < -0.4 is 5.32 Å². The Labute approximate surface area is 95.0 Å². The molecule has 0 radical (unpaired) electrons. The molecule has 0 aliphatic heterocycles. The molecule has 6 nitrogen and oxygen atoms in total. The minimum atomic E-state index is -2.98. The van der Waals surface area contributed by atoms with Gasteiger partial charge in [0, 0.05) is 25.6 Å². The molecule has 0 unspecified atom stereocenters. The van der Waals surface area contributed by atoms with Gasteiger partial charge in [-0.2, -0.15) is 0 Å². The van der Waals surface area contributed by atoms with Crippen LogP contribution in [0.25, 0.3) is 0 Å². The SMILES string of the molecule is CS(=O)(=O)CCCNC(=O)CCCC(=O)O. The number of carbonyl (C=O) groups excluding carboxylic acids is 1. The van der Waals surface area contributed by atoms with E-state index in [9.17, 15) is 18.0 Å². The van der Waals surface area contributed by atoms with Crippen molar-refractivity contribution in [2.24, 2.45) is 0 Å². The smallest absolute Gasteiger partial charge is 0.303 e. The average molecular weight is 251 g/mol. The highest BCUT2D eigenvalue weighted by Crippen LogP contribution is 1.95. The number of hydrogen-bond donors (Lipinski definition) is 2. The van der Waals surface area contributed by atoms with Crippen molar-refractivity contribution in [3.05, 3.63) is 0 Å². The Morgan fingerprint density at radius 1 is 1.19 bits per heavy atom. The van der Waals surface area contributed by atoms with Crippen molar-refractivity contribution in [2.75, 3.05) is 18.6 Å². The summed E-state index contributed by atoms with van der Waals surface area (Å²) in [4.78, 5) is 21.2. The maximum Gasteiger partial charge on any atom is 0.303 e. The summed E-state index contributed by atoms with van der Waals surface area (Å²) in [7, 11) is -2.98. The molecule has 0 aliphatic carbocycles. The highest BCUT2D eigenvalue weighted by molar-refractivity contribution is 7.90. The van der Waals surface area contributed by atoms with Crippen LogP contribution in [-0.2, 0) is 19.4 Å². The van der Waals surface area contributed by atoms with Crippen LogP contribution in [0.1, 0.15) is 25.7 Å². The monoisotopic (exact) mass is 251 g/mol. The van der Waals surface area contributed by atoms with Gasteiger partial charge in [-0.3, -0.25) is 9.59 Å². The Kier molecular flexibility index (Phi) is 6.71. The minimum Gasteiger partial charge on any atom is -0.481 e. The zero-order valence-electron chi connectivity index (χ0n) is 9.23. The van der Waals surface area contributed by atoms with Gasteiger partial charge in [-0.1, -0.05) is 0 Å². The van der Waals surface area contributed by atoms with Crippen molar-refractivity contribution in [3.8, 4) is 0 Å². The maximum atomic E-state index is 11.1. The lowest BCUT2D eigenvalue weighted by Gasteiger charge is -2.03. The molecule has 16 heavy (non-hydrogen) atoms. The van der Waals surface area contributed by atoms with E-state index in [1.54, 1.807) is 0 Å². The van der Waals surface area contributed by atoms with Crippen LogP contribution in [-0.4, -0.2) is 44.0 Å². The Bertz CT molecular complexity index is 336. The quantitative estimate of drug-likeness (QED) is 0.581. The van der Waals surface area contributed by atoms with Gasteiger partial charge >= 0.3 is 5.97 Å². The van der Waals surface area contributed by atoms with Crippen molar-refractivity contribution in [2.45, 2.75) is 25.7 Å². The lowest BCUT2D eigenvalue weighted by molar-refractivity contribution is -0.137. The summed E-state index contributed by atoms with van der Waals surface area (Å²) in [6.07, 6.45) is 1.94. The third-order valence-electron chi connectivity index (χ3n) is 1.81. The molecule has 0 aromatic carbocycles. The van der Waals surface area contributed by atoms with Crippen molar-refractivity contribution < 1.29 is 23.1 Å². The number of carboxylic acid groups (broad SMARTS) is 1. The molecule has 0 bridgehead atoms.